The van der Waals surface area contributed by atoms with Crippen LogP contribution in [0.3, 0.4) is 0 Å². The fraction of sp³-hybridized carbons (Fsp3) is 0.391. The van der Waals surface area contributed by atoms with E-state index in [0.29, 0.717) is 17.3 Å². The van der Waals surface area contributed by atoms with Gasteiger partial charge in [-0.2, -0.15) is 0 Å². The molecule has 0 unspecified atom stereocenters. The lowest BCUT2D eigenvalue weighted by molar-refractivity contribution is 0.102. The van der Waals surface area contributed by atoms with Crippen molar-refractivity contribution in [1.29, 1.82) is 0 Å². The molecular formula is C23H25FN2OS. The van der Waals surface area contributed by atoms with E-state index in [1.54, 1.807) is 0 Å². The van der Waals surface area contributed by atoms with Crippen molar-refractivity contribution >= 4 is 28.8 Å². The fourth-order valence-electron chi connectivity index (χ4n) is 4.54. The number of likely N-dealkylation sites (tertiary alicyclic amines) is 1. The maximum atomic E-state index is 13.0. The number of hydrogen-bond acceptors (Lipinski definition) is 2. The van der Waals surface area contributed by atoms with Gasteiger partial charge in [-0.25, -0.2) is 4.39 Å². The molecule has 0 radical (unpaired) electrons. The number of nitrogens with zero attached hydrogens (tertiary/aromatic N) is 1. The van der Waals surface area contributed by atoms with Gasteiger partial charge in [0.05, 0.1) is 0 Å². The summed E-state index contributed by atoms with van der Waals surface area (Å²) in [5, 5.41) is 2.85. The first kappa shape index (κ1) is 19.1. The van der Waals surface area contributed by atoms with Crippen LogP contribution < -0.4 is 5.32 Å². The molecular weight excluding hydrogens is 371 g/mol. The number of piperidine rings is 1. The van der Waals surface area contributed by atoms with Gasteiger partial charge >= 0.3 is 0 Å². The molecule has 1 heterocycles. The summed E-state index contributed by atoms with van der Waals surface area (Å²) < 4.78 is 13.0. The number of anilines is 1. The van der Waals surface area contributed by atoms with Gasteiger partial charge in [0.15, 0.2) is 0 Å². The van der Waals surface area contributed by atoms with Crippen molar-refractivity contribution in [3.05, 3.63) is 65.5 Å². The van der Waals surface area contributed by atoms with Crippen LogP contribution in [0.25, 0.3) is 0 Å². The molecule has 1 aliphatic carbocycles. The molecule has 4 rings (SSSR count). The number of carbonyl (C=O) groups is 1. The summed E-state index contributed by atoms with van der Waals surface area (Å²) in [6, 6.07) is 13.8. The highest BCUT2D eigenvalue weighted by atomic mass is 32.1. The fourth-order valence-corrected chi connectivity index (χ4v) is 4.91. The highest BCUT2D eigenvalue weighted by molar-refractivity contribution is 7.80. The Morgan fingerprint density at radius 1 is 0.929 bits per heavy atom. The van der Waals surface area contributed by atoms with Crippen molar-refractivity contribution in [3.63, 3.8) is 0 Å². The van der Waals surface area contributed by atoms with E-state index in [9.17, 15) is 9.18 Å². The lowest BCUT2D eigenvalue weighted by atomic mass is 9.78. The van der Waals surface area contributed by atoms with E-state index in [-0.39, 0.29) is 11.7 Å². The van der Waals surface area contributed by atoms with Crippen LogP contribution in [0.4, 0.5) is 10.1 Å². The van der Waals surface area contributed by atoms with Gasteiger partial charge in [-0.15, -0.1) is 0 Å². The monoisotopic (exact) mass is 396 g/mol. The molecule has 1 N–H and O–H groups in total. The molecule has 28 heavy (non-hydrogen) atoms. The summed E-state index contributed by atoms with van der Waals surface area (Å²) in [7, 11) is 0. The normalized spacial score (nSPS) is 21.7. The molecule has 0 bridgehead atoms. The predicted molar refractivity (Wildman–Crippen MR) is 114 cm³/mol. The standard InChI is InChI=1S/C23H25FN2OS/c24-19-11-7-17(8-12-19)22(27)25-20-13-9-18(10-14-20)23(28)26-15-3-5-16-4-1-2-6-21(16)26/h7-14,16,21H,1-6,15H2,(H,25,27)/t16-,21+/m1/s1. The summed E-state index contributed by atoms with van der Waals surface area (Å²) >= 11 is 5.83. The third-order valence-corrected chi connectivity index (χ3v) is 6.47. The van der Waals surface area contributed by atoms with Gasteiger partial charge in [-0.1, -0.05) is 25.1 Å². The second-order valence-electron chi connectivity index (χ2n) is 7.79. The van der Waals surface area contributed by atoms with Gasteiger partial charge in [0.2, 0.25) is 0 Å². The summed E-state index contributed by atoms with van der Waals surface area (Å²) in [4.78, 5) is 15.6. The van der Waals surface area contributed by atoms with Crippen LogP contribution in [0.1, 0.15) is 54.4 Å². The maximum Gasteiger partial charge on any atom is 0.255 e. The molecule has 2 fully saturated rings. The number of halogens is 1. The Morgan fingerprint density at radius 3 is 2.32 bits per heavy atom. The SMILES string of the molecule is O=C(Nc1ccc(C(=S)N2CCC[C@H]3CCCC[C@@H]32)cc1)c1ccc(F)cc1. The number of rotatable bonds is 3. The van der Waals surface area contributed by atoms with Crippen molar-refractivity contribution in [1.82, 2.24) is 4.90 Å². The summed E-state index contributed by atoms with van der Waals surface area (Å²) in [5.74, 6) is 0.179. The van der Waals surface area contributed by atoms with E-state index in [1.807, 2.05) is 24.3 Å². The van der Waals surface area contributed by atoms with Gasteiger partial charge in [-0.3, -0.25) is 4.79 Å². The minimum Gasteiger partial charge on any atom is -0.359 e. The van der Waals surface area contributed by atoms with E-state index < -0.39 is 0 Å². The molecule has 1 amide bonds. The first-order valence-corrected chi connectivity index (χ1v) is 10.5. The van der Waals surface area contributed by atoms with Gasteiger partial charge in [0.25, 0.3) is 5.91 Å². The third kappa shape index (κ3) is 4.09. The Morgan fingerprint density at radius 2 is 1.57 bits per heavy atom. The second-order valence-corrected chi connectivity index (χ2v) is 8.18. The number of hydrogen-bond donors (Lipinski definition) is 1. The largest absolute Gasteiger partial charge is 0.359 e. The van der Waals surface area contributed by atoms with Gasteiger partial charge in [0.1, 0.15) is 10.8 Å². The Kier molecular flexibility index (Phi) is 5.72. The number of fused-ring (bicyclic) bond motifs is 1. The average Bonchev–Trinajstić information content (AvgIpc) is 2.74. The Hall–Kier alpha value is -2.27. The molecule has 146 valence electrons. The molecule has 1 saturated carbocycles. The molecule has 2 aromatic rings. The smallest absolute Gasteiger partial charge is 0.255 e. The minimum atomic E-state index is -0.354. The van der Waals surface area contributed by atoms with Crippen LogP contribution in [0.5, 0.6) is 0 Å². The topological polar surface area (TPSA) is 32.3 Å². The zero-order chi connectivity index (χ0) is 19.5. The Bertz CT molecular complexity index is 848. The lowest BCUT2D eigenvalue weighted by Crippen LogP contribution is -2.49. The number of benzene rings is 2. The quantitative estimate of drug-likeness (QED) is 0.704. The second kappa shape index (κ2) is 8.39. The van der Waals surface area contributed by atoms with Crippen molar-refractivity contribution in [3.8, 4) is 0 Å². The Balaban J connectivity index is 1.43. The highest BCUT2D eigenvalue weighted by Gasteiger charge is 2.34. The van der Waals surface area contributed by atoms with E-state index >= 15 is 0 Å². The van der Waals surface area contributed by atoms with Crippen LogP contribution in [-0.2, 0) is 0 Å². The molecule has 2 aliphatic rings. The molecule has 0 spiro atoms. The van der Waals surface area contributed by atoms with E-state index in [0.717, 1.165) is 23.0 Å². The first-order chi connectivity index (χ1) is 13.6. The molecule has 2 atom stereocenters. The molecule has 5 heteroatoms. The molecule has 0 aromatic heterocycles. The summed E-state index contributed by atoms with van der Waals surface area (Å²) in [6.07, 6.45) is 7.78. The predicted octanol–water partition coefficient (Wildman–Crippen LogP) is 5.41. The van der Waals surface area contributed by atoms with Crippen LogP contribution in [-0.4, -0.2) is 28.4 Å². The molecule has 1 aliphatic heterocycles. The van der Waals surface area contributed by atoms with Crippen molar-refractivity contribution in [2.75, 3.05) is 11.9 Å². The summed E-state index contributed by atoms with van der Waals surface area (Å²) in [5.41, 5.74) is 2.16. The maximum absolute atomic E-state index is 13.0. The third-order valence-electron chi connectivity index (χ3n) is 6.00. The molecule has 1 saturated heterocycles. The lowest BCUT2D eigenvalue weighted by Gasteiger charge is -2.45. The van der Waals surface area contributed by atoms with Crippen molar-refractivity contribution < 1.29 is 9.18 Å². The molecule has 2 aromatic carbocycles. The van der Waals surface area contributed by atoms with Gasteiger partial charge in [0, 0.05) is 29.4 Å². The Labute approximate surface area is 170 Å². The number of thiocarbonyl (C=S) groups is 1. The van der Waals surface area contributed by atoms with Crippen LogP contribution in [0, 0.1) is 11.7 Å². The zero-order valence-electron chi connectivity index (χ0n) is 15.9. The van der Waals surface area contributed by atoms with Crippen LogP contribution >= 0.6 is 12.2 Å². The summed E-state index contributed by atoms with van der Waals surface area (Å²) in [6.45, 7) is 1.04. The number of amides is 1. The number of nitrogens with one attached hydrogen (secondary N) is 1. The first-order valence-electron chi connectivity index (χ1n) is 10.1. The van der Waals surface area contributed by atoms with E-state index in [1.165, 1.54) is 62.8 Å². The van der Waals surface area contributed by atoms with Crippen molar-refractivity contribution in [2.45, 2.75) is 44.6 Å². The van der Waals surface area contributed by atoms with Gasteiger partial charge in [-0.05, 0) is 80.1 Å². The zero-order valence-corrected chi connectivity index (χ0v) is 16.7. The van der Waals surface area contributed by atoms with Crippen LogP contribution in [0.2, 0.25) is 0 Å². The van der Waals surface area contributed by atoms with Crippen LogP contribution in [0.15, 0.2) is 48.5 Å². The average molecular weight is 397 g/mol. The minimum absolute atomic E-state index is 0.253. The van der Waals surface area contributed by atoms with E-state index in [2.05, 4.69) is 10.2 Å². The van der Waals surface area contributed by atoms with E-state index in [4.69, 9.17) is 12.2 Å². The number of carbonyl (C=O) groups excluding carboxylic acids is 1. The molecule has 3 nitrogen and oxygen atoms in total. The van der Waals surface area contributed by atoms with Crippen molar-refractivity contribution in [2.24, 2.45) is 5.92 Å². The highest BCUT2D eigenvalue weighted by Crippen LogP contribution is 2.36. The van der Waals surface area contributed by atoms with Gasteiger partial charge < -0.3 is 10.2 Å².